The van der Waals surface area contributed by atoms with Crippen LogP contribution >= 0.6 is 11.6 Å². The van der Waals surface area contributed by atoms with E-state index in [1.54, 1.807) is 24.3 Å². The largest absolute Gasteiger partial charge is 0.450 e. The lowest BCUT2D eigenvalue weighted by molar-refractivity contribution is -0.385. The van der Waals surface area contributed by atoms with E-state index in [1.807, 2.05) is 20.8 Å². The lowest BCUT2D eigenvalue weighted by Crippen LogP contribution is -2.23. The number of hydrogen-bond acceptors (Lipinski definition) is 7. The van der Waals surface area contributed by atoms with Crippen LogP contribution in [0.5, 0.6) is 11.5 Å². The second-order valence-electron chi connectivity index (χ2n) is 7.44. The molecule has 3 aromatic rings. The zero-order chi connectivity index (χ0) is 21.9. The average molecular weight is 431 g/mol. The van der Waals surface area contributed by atoms with Crippen molar-refractivity contribution >= 4 is 23.2 Å². The number of rotatable bonds is 6. The molecule has 1 heterocycles. The quantitative estimate of drug-likeness (QED) is 0.446. The van der Waals surface area contributed by atoms with E-state index in [-0.39, 0.29) is 34.3 Å². The fourth-order valence-corrected chi connectivity index (χ4v) is 2.58. The lowest BCUT2D eigenvalue weighted by atomic mass is 9.97. The Morgan fingerprint density at radius 1 is 1.23 bits per heavy atom. The highest BCUT2D eigenvalue weighted by molar-refractivity contribution is 6.30. The van der Waals surface area contributed by atoms with Gasteiger partial charge >= 0.3 is 5.69 Å². The summed E-state index contributed by atoms with van der Waals surface area (Å²) >= 11 is 5.80. The van der Waals surface area contributed by atoms with Gasteiger partial charge in [-0.15, -0.1) is 0 Å². The van der Waals surface area contributed by atoms with Crippen LogP contribution in [-0.2, 0) is 12.0 Å². The van der Waals surface area contributed by atoms with Crippen LogP contribution in [0.25, 0.3) is 0 Å². The van der Waals surface area contributed by atoms with E-state index >= 15 is 0 Å². The van der Waals surface area contributed by atoms with Gasteiger partial charge in [-0.3, -0.25) is 14.9 Å². The minimum absolute atomic E-state index is 0.0494. The van der Waals surface area contributed by atoms with E-state index in [9.17, 15) is 14.9 Å². The summed E-state index contributed by atoms with van der Waals surface area (Å²) in [6.45, 7) is 5.97. The molecule has 0 aliphatic heterocycles. The van der Waals surface area contributed by atoms with Gasteiger partial charge in [-0.2, -0.15) is 4.98 Å². The summed E-state index contributed by atoms with van der Waals surface area (Å²) in [7, 11) is 0. The molecule has 1 aromatic heterocycles. The summed E-state index contributed by atoms with van der Waals surface area (Å²) in [5, 5.41) is 17.9. The molecular weight excluding hydrogens is 412 g/mol. The highest BCUT2D eigenvalue weighted by Gasteiger charge is 2.22. The molecule has 0 saturated carbocycles. The van der Waals surface area contributed by atoms with Crippen molar-refractivity contribution in [3.05, 3.63) is 74.9 Å². The van der Waals surface area contributed by atoms with E-state index in [4.69, 9.17) is 20.9 Å². The first-order chi connectivity index (χ1) is 14.1. The van der Waals surface area contributed by atoms with Crippen LogP contribution in [0.4, 0.5) is 5.69 Å². The van der Waals surface area contributed by atoms with Gasteiger partial charge < -0.3 is 14.6 Å². The monoisotopic (exact) mass is 430 g/mol. The number of aromatic nitrogens is 2. The molecular formula is C20H19ClN4O5. The zero-order valence-electron chi connectivity index (χ0n) is 16.5. The third kappa shape index (κ3) is 5.12. The maximum absolute atomic E-state index is 12.3. The van der Waals surface area contributed by atoms with Crippen LogP contribution in [0.1, 0.15) is 42.8 Å². The standard InChI is InChI=1S/C20H19ClN4O5/c1-20(2,3)19-23-17(24-30-19)11-22-18(26)12-4-7-14(8-5-12)29-16-9-6-13(21)10-15(16)25(27)28/h4-10H,11H2,1-3H3,(H,22,26). The van der Waals surface area contributed by atoms with Gasteiger partial charge in [-0.25, -0.2) is 0 Å². The van der Waals surface area contributed by atoms with Crippen LogP contribution in [0, 0.1) is 10.1 Å². The first kappa shape index (κ1) is 21.3. The Kier molecular flexibility index (Phi) is 6.02. The predicted molar refractivity (Wildman–Crippen MR) is 109 cm³/mol. The Morgan fingerprint density at radius 2 is 1.93 bits per heavy atom. The number of carbonyl (C=O) groups is 1. The van der Waals surface area contributed by atoms with Crippen molar-refractivity contribution in [1.82, 2.24) is 15.5 Å². The predicted octanol–water partition coefficient (Wildman–Crippen LogP) is 4.65. The molecule has 0 spiro atoms. The van der Waals surface area contributed by atoms with Crippen molar-refractivity contribution in [3.63, 3.8) is 0 Å². The van der Waals surface area contributed by atoms with Crippen molar-refractivity contribution < 1.29 is 19.0 Å². The Hall–Kier alpha value is -3.46. The van der Waals surface area contributed by atoms with Crippen molar-refractivity contribution in [2.24, 2.45) is 0 Å². The van der Waals surface area contributed by atoms with Crippen molar-refractivity contribution in [2.45, 2.75) is 32.7 Å². The third-order valence-corrected chi connectivity index (χ3v) is 4.21. The molecule has 156 valence electrons. The molecule has 0 saturated heterocycles. The summed E-state index contributed by atoms with van der Waals surface area (Å²) < 4.78 is 10.7. The molecule has 30 heavy (non-hydrogen) atoms. The third-order valence-electron chi connectivity index (χ3n) is 3.98. The number of halogens is 1. The van der Waals surface area contributed by atoms with Crippen LogP contribution in [0.3, 0.4) is 0 Å². The molecule has 0 fully saturated rings. The van der Waals surface area contributed by atoms with Gasteiger partial charge in [0, 0.05) is 22.1 Å². The van der Waals surface area contributed by atoms with Gasteiger partial charge in [0.05, 0.1) is 11.5 Å². The van der Waals surface area contributed by atoms with Crippen molar-refractivity contribution in [1.29, 1.82) is 0 Å². The maximum Gasteiger partial charge on any atom is 0.313 e. The number of nitrogens with one attached hydrogen (secondary N) is 1. The Labute approximate surface area is 177 Å². The Balaban J connectivity index is 1.63. The van der Waals surface area contributed by atoms with Gasteiger partial charge in [-0.1, -0.05) is 37.5 Å². The van der Waals surface area contributed by atoms with Gasteiger partial charge in [-0.05, 0) is 36.4 Å². The van der Waals surface area contributed by atoms with Crippen LogP contribution < -0.4 is 10.1 Å². The molecule has 0 atom stereocenters. The van der Waals surface area contributed by atoms with Gasteiger partial charge in [0.1, 0.15) is 5.75 Å². The second-order valence-corrected chi connectivity index (χ2v) is 7.88. The molecule has 1 N–H and O–H groups in total. The van der Waals surface area contributed by atoms with Crippen molar-refractivity contribution in [3.8, 4) is 11.5 Å². The molecule has 2 aromatic carbocycles. The topological polar surface area (TPSA) is 120 Å². The van der Waals surface area contributed by atoms with E-state index in [2.05, 4.69) is 15.5 Å². The zero-order valence-corrected chi connectivity index (χ0v) is 17.3. The molecule has 3 rings (SSSR count). The number of nitrogens with zero attached hydrogens (tertiary/aromatic N) is 3. The van der Waals surface area contributed by atoms with E-state index in [0.29, 0.717) is 23.0 Å². The van der Waals surface area contributed by atoms with E-state index in [1.165, 1.54) is 18.2 Å². The van der Waals surface area contributed by atoms with Gasteiger partial charge in [0.15, 0.2) is 5.82 Å². The second kappa shape index (κ2) is 8.50. The molecule has 0 unspecified atom stereocenters. The number of ether oxygens (including phenoxy) is 1. The Bertz CT molecular complexity index is 1070. The van der Waals surface area contributed by atoms with E-state index < -0.39 is 4.92 Å². The average Bonchev–Trinajstić information content (AvgIpc) is 3.17. The smallest absolute Gasteiger partial charge is 0.313 e. The fraction of sp³-hybridized carbons (Fsp3) is 0.250. The molecule has 9 nitrogen and oxygen atoms in total. The SMILES string of the molecule is CC(C)(C)c1nc(CNC(=O)c2ccc(Oc3ccc(Cl)cc3[N+](=O)[O-])cc2)no1. The first-order valence-electron chi connectivity index (χ1n) is 8.96. The first-order valence-corrected chi connectivity index (χ1v) is 9.34. The maximum atomic E-state index is 12.3. The number of carbonyl (C=O) groups excluding carboxylic acids is 1. The summed E-state index contributed by atoms with van der Waals surface area (Å²) in [4.78, 5) is 27.2. The fourth-order valence-electron chi connectivity index (χ4n) is 2.41. The van der Waals surface area contributed by atoms with Crippen LogP contribution in [0.2, 0.25) is 5.02 Å². The number of benzene rings is 2. The summed E-state index contributed by atoms with van der Waals surface area (Å²) in [5.41, 5.74) is -0.142. The molecule has 10 heteroatoms. The molecule has 0 aliphatic carbocycles. The number of nitro groups is 1. The summed E-state index contributed by atoms with van der Waals surface area (Å²) in [6.07, 6.45) is 0. The number of nitro benzene ring substituents is 1. The summed E-state index contributed by atoms with van der Waals surface area (Å²) in [5.74, 6) is 0.923. The molecule has 0 bridgehead atoms. The number of hydrogen-bond donors (Lipinski definition) is 1. The van der Waals surface area contributed by atoms with Crippen LogP contribution in [0.15, 0.2) is 47.0 Å². The Morgan fingerprint density at radius 3 is 2.53 bits per heavy atom. The van der Waals surface area contributed by atoms with Crippen molar-refractivity contribution in [2.75, 3.05) is 0 Å². The van der Waals surface area contributed by atoms with Gasteiger partial charge in [0.2, 0.25) is 11.6 Å². The van der Waals surface area contributed by atoms with Crippen LogP contribution in [-0.4, -0.2) is 21.0 Å². The van der Waals surface area contributed by atoms with Gasteiger partial charge in [0.25, 0.3) is 5.91 Å². The molecule has 0 radical (unpaired) electrons. The minimum atomic E-state index is -0.577. The minimum Gasteiger partial charge on any atom is -0.450 e. The highest BCUT2D eigenvalue weighted by atomic mass is 35.5. The molecule has 0 aliphatic rings. The van der Waals surface area contributed by atoms with E-state index in [0.717, 1.165) is 0 Å². The molecule has 1 amide bonds. The normalized spacial score (nSPS) is 11.2. The lowest BCUT2D eigenvalue weighted by Gasteiger charge is -2.10. The highest BCUT2D eigenvalue weighted by Crippen LogP contribution is 2.33. The summed E-state index contributed by atoms with van der Waals surface area (Å²) in [6, 6.07) is 10.3. The number of amides is 1.